The van der Waals surface area contributed by atoms with Crippen LogP contribution in [0.25, 0.3) is 0 Å². The molecule has 1 aliphatic rings. The van der Waals surface area contributed by atoms with Gasteiger partial charge in [-0.2, -0.15) is 0 Å². The molecule has 24 heavy (non-hydrogen) atoms. The van der Waals surface area contributed by atoms with Gasteiger partial charge in [-0.25, -0.2) is 0 Å². The molecule has 0 aromatic heterocycles. The number of hydrogen-bond acceptors (Lipinski definition) is 1. The molecule has 0 aliphatic heterocycles. The predicted molar refractivity (Wildman–Crippen MR) is 107 cm³/mol. The monoisotopic (exact) mass is 560 g/mol. The number of allylic oxidation sites excluding steroid dienone is 4. The third-order valence-corrected chi connectivity index (χ3v) is 12.7. The fourth-order valence-corrected chi connectivity index (χ4v) is 7.74. The van der Waals surface area contributed by atoms with Crippen LogP contribution in [0, 0.1) is 0 Å². The fourth-order valence-electron chi connectivity index (χ4n) is 2.04. The predicted octanol–water partition coefficient (Wildman–Crippen LogP) is 5.95. The van der Waals surface area contributed by atoms with Gasteiger partial charge in [0, 0.05) is 10.6 Å². The van der Waals surface area contributed by atoms with Crippen molar-refractivity contribution in [1.29, 1.82) is 0 Å². The number of halogens is 2. The van der Waals surface area contributed by atoms with Crippen molar-refractivity contribution >= 4 is 37.9 Å². The number of rotatable bonds is 3. The molecule has 0 atom stereocenters. The van der Waals surface area contributed by atoms with E-state index in [1.165, 1.54) is 4.09 Å². The summed E-state index contributed by atoms with van der Waals surface area (Å²) in [5, 5.41) is 1.99. The van der Waals surface area contributed by atoms with Crippen LogP contribution in [0.4, 0.5) is 0 Å². The zero-order valence-corrected chi connectivity index (χ0v) is 18.5. The van der Waals surface area contributed by atoms with Crippen LogP contribution in [0.2, 0.25) is 10.9 Å². The van der Waals surface area contributed by atoms with Gasteiger partial charge < -0.3 is 4.89 Å². The molecule has 0 heterocycles. The average molecular weight is 560 g/mol. The van der Waals surface area contributed by atoms with Crippen molar-refractivity contribution in [1.82, 2.24) is 0 Å². The number of benzene rings is 2. The summed E-state index contributed by atoms with van der Waals surface area (Å²) in [5.41, 5.74) is 4.00. The normalized spacial score (nSPS) is 15.2. The third-order valence-electron chi connectivity index (χ3n) is 3.30. The molecule has 0 amide bonds. The summed E-state index contributed by atoms with van der Waals surface area (Å²) in [6.45, 7) is 0. The van der Waals surface area contributed by atoms with Crippen molar-refractivity contribution in [3.63, 3.8) is 0 Å². The van der Waals surface area contributed by atoms with Crippen LogP contribution in [0.15, 0.2) is 83.0 Å². The minimum atomic E-state index is -3.07. The van der Waals surface area contributed by atoms with Gasteiger partial charge in [0.15, 0.2) is 0 Å². The summed E-state index contributed by atoms with van der Waals surface area (Å²) < 4.78 is 1.25. The topological polar surface area (TPSA) is 20.2 Å². The van der Waals surface area contributed by atoms with Gasteiger partial charge in [0.25, 0.3) is 0 Å². The molecule has 0 unspecified atom stereocenters. The maximum atomic E-state index is 10.1. The summed E-state index contributed by atoms with van der Waals surface area (Å²) in [5.74, 6) is 0. The molecule has 5 heteroatoms. The Morgan fingerprint density at radius 3 is 1.62 bits per heavy atom. The SMILES string of the molecule is OP(c1ccccc1)c1ccccc1.[CH3][Ir]([CH3])([Cl])([Cl])[C]1=CC=CC1. The summed E-state index contributed by atoms with van der Waals surface area (Å²) in [7, 11) is 11.3. The van der Waals surface area contributed by atoms with E-state index >= 15 is 0 Å². The third kappa shape index (κ3) is 6.12. The van der Waals surface area contributed by atoms with Crippen LogP contribution in [0.5, 0.6) is 0 Å². The van der Waals surface area contributed by atoms with Crippen molar-refractivity contribution < 1.29 is 16.9 Å². The van der Waals surface area contributed by atoms with E-state index in [0.29, 0.717) is 0 Å². The Hall–Kier alpha value is -0.461. The number of hydrogen-bond donors (Lipinski definition) is 1. The Bertz CT molecular complexity index is 673. The van der Waals surface area contributed by atoms with Gasteiger partial charge >= 0.3 is 70.8 Å². The van der Waals surface area contributed by atoms with Crippen LogP contribution in [0.1, 0.15) is 6.42 Å². The zero-order chi connectivity index (χ0) is 17.7. The molecule has 0 saturated heterocycles. The first-order chi connectivity index (χ1) is 11.2. The molecule has 0 bridgehead atoms. The molecule has 132 valence electrons. The Balaban J connectivity index is 0.000000185. The minimum absolute atomic E-state index is 0.956. The van der Waals surface area contributed by atoms with Crippen LogP contribution < -0.4 is 10.6 Å². The molecule has 1 aliphatic carbocycles. The first-order valence-electron chi connectivity index (χ1n) is 7.27. The average Bonchev–Trinajstić information content (AvgIpc) is 3.11. The summed E-state index contributed by atoms with van der Waals surface area (Å²) in [6.07, 6.45) is 7.13. The second kappa shape index (κ2) is 8.28. The second-order valence-corrected chi connectivity index (χ2v) is 31.8. The van der Waals surface area contributed by atoms with Crippen molar-refractivity contribution in [2.24, 2.45) is 0 Å². The van der Waals surface area contributed by atoms with Crippen LogP contribution in [-0.2, 0) is 12.1 Å². The summed E-state index contributed by atoms with van der Waals surface area (Å²) in [4.78, 5) is 10.1. The van der Waals surface area contributed by atoms with Crippen LogP contribution in [0.3, 0.4) is 0 Å². The van der Waals surface area contributed by atoms with Crippen LogP contribution >= 0.6 is 27.3 Å². The van der Waals surface area contributed by atoms with E-state index in [-0.39, 0.29) is 0 Å². The first kappa shape index (κ1) is 19.9. The molecule has 1 nitrogen and oxygen atoms in total. The second-order valence-electron chi connectivity index (χ2n) is 5.54. The first-order valence-corrected chi connectivity index (χ1v) is 20.5. The van der Waals surface area contributed by atoms with E-state index in [4.69, 9.17) is 19.2 Å². The van der Waals surface area contributed by atoms with Gasteiger partial charge in [0.2, 0.25) is 0 Å². The van der Waals surface area contributed by atoms with E-state index in [0.717, 1.165) is 17.0 Å². The van der Waals surface area contributed by atoms with Gasteiger partial charge in [-0.3, -0.25) is 0 Å². The molecule has 2 aromatic carbocycles. The zero-order valence-electron chi connectivity index (χ0n) is 13.7. The van der Waals surface area contributed by atoms with E-state index < -0.39 is 20.2 Å². The van der Waals surface area contributed by atoms with Crippen molar-refractivity contribution in [2.75, 3.05) is 0 Å². The van der Waals surface area contributed by atoms with E-state index in [2.05, 4.69) is 12.2 Å². The molecule has 1 N–H and O–H groups in total. The fraction of sp³-hybridized carbons (Fsp3) is 0.158. The van der Waals surface area contributed by atoms with Gasteiger partial charge in [-0.15, -0.1) is 0 Å². The molecule has 0 saturated carbocycles. The van der Waals surface area contributed by atoms with E-state index in [1.807, 2.05) is 77.6 Å². The molecule has 3 rings (SSSR count). The van der Waals surface area contributed by atoms with Gasteiger partial charge in [0.1, 0.15) is 0 Å². The van der Waals surface area contributed by atoms with E-state index in [1.54, 1.807) is 0 Å². The Kier molecular flexibility index (Phi) is 6.85. The van der Waals surface area contributed by atoms with Gasteiger partial charge in [0.05, 0.1) is 8.15 Å². The molecular formula is C19H22Cl2IrOP. The Labute approximate surface area is 154 Å². The van der Waals surface area contributed by atoms with Crippen LogP contribution in [-0.4, -0.2) is 4.89 Å². The Morgan fingerprint density at radius 1 is 0.875 bits per heavy atom. The van der Waals surface area contributed by atoms with Crippen molar-refractivity contribution in [3.05, 3.63) is 83.0 Å². The maximum absolute atomic E-state index is 10.1. The quantitative estimate of drug-likeness (QED) is 0.461. The summed E-state index contributed by atoms with van der Waals surface area (Å²) in [6, 6.07) is 19.5. The van der Waals surface area contributed by atoms with Gasteiger partial charge in [-0.05, 0) is 0 Å². The van der Waals surface area contributed by atoms with E-state index in [9.17, 15) is 4.89 Å². The Morgan fingerprint density at radius 2 is 1.33 bits per heavy atom. The molecule has 0 fully saturated rings. The summed E-state index contributed by atoms with van der Waals surface area (Å²) >= 11 is -3.07. The standard InChI is InChI=1S/C12H11OP.C5H5.2CH3.2ClH.Ir/c13-14(11-7-3-1-4-8-11)12-9-5-2-6-10-12;1-2-4-5-3-1;;;;;/h1-10,13H;1-3H,4H2;2*1H3;2*1H;/q;;;;;;+2/p-2. The molecular weight excluding hydrogens is 538 g/mol. The molecule has 0 spiro atoms. The van der Waals surface area contributed by atoms with Crippen molar-refractivity contribution in [3.8, 4) is 0 Å². The molecule has 0 radical (unpaired) electrons. The van der Waals surface area contributed by atoms with Gasteiger partial charge in [-0.1, -0.05) is 60.7 Å². The molecule has 2 aromatic rings. The van der Waals surface area contributed by atoms with Crippen molar-refractivity contribution in [2.45, 2.75) is 17.3 Å².